The molecule has 2 aromatic rings. The van der Waals surface area contributed by atoms with E-state index in [4.69, 9.17) is 0 Å². The lowest BCUT2D eigenvalue weighted by Gasteiger charge is -2.03. The molecule has 0 atom stereocenters. The van der Waals surface area contributed by atoms with Crippen LogP contribution in [0.2, 0.25) is 0 Å². The van der Waals surface area contributed by atoms with E-state index >= 15 is 0 Å². The smallest absolute Gasteiger partial charge is 0.274 e. The van der Waals surface area contributed by atoms with E-state index in [1.807, 2.05) is 0 Å². The summed E-state index contributed by atoms with van der Waals surface area (Å²) in [5.74, 6) is 0. The van der Waals surface area contributed by atoms with Crippen molar-refractivity contribution in [2.24, 2.45) is 0 Å². The third kappa shape index (κ3) is 2.12. The second-order valence-electron chi connectivity index (χ2n) is 3.25. The molecule has 0 aliphatic heterocycles. The Morgan fingerprint density at radius 3 is 2.29 bits per heavy atom. The maximum Gasteiger partial charge on any atom is 0.332 e. The summed E-state index contributed by atoms with van der Waals surface area (Å²) in [4.78, 5) is 34.3. The maximum absolute atomic E-state index is 11.4. The molecule has 0 aliphatic carbocycles. The van der Waals surface area contributed by atoms with Crippen LogP contribution in [0.25, 0.3) is 5.69 Å². The number of aromatic nitrogens is 2. The van der Waals surface area contributed by atoms with E-state index in [0.717, 1.165) is 0 Å². The van der Waals surface area contributed by atoms with Gasteiger partial charge in [-0.25, -0.2) is 4.79 Å². The summed E-state index contributed by atoms with van der Waals surface area (Å²) in [5, 5.41) is 10.4. The van der Waals surface area contributed by atoms with E-state index in [0.29, 0.717) is 5.69 Å². The van der Waals surface area contributed by atoms with E-state index in [2.05, 4.69) is 4.98 Å². The molecule has 0 saturated carbocycles. The molecule has 17 heavy (non-hydrogen) atoms. The van der Waals surface area contributed by atoms with E-state index in [-0.39, 0.29) is 5.69 Å². The standard InChI is InChI=1S/C10H7N3O4/c14-9-5-6-12(10(15)11-9)7-1-3-8(4-2-7)13(16)17/h1-6H,(H,11,14,15). The van der Waals surface area contributed by atoms with E-state index in [1.54, 1.807) is 0 Å². The van der Waals surface area contributed by atoms with Crippen molar-refractivity contribution in [3.8, 4) is 5.69 Å². The number of nitrogens with zero attached hydrogens (tertiary/aromatic N) is 2. The molecule has 0 saturated heterocycles. The van der Waals surface area contributed by atoms with Crippen LogP contribution in [-0.4, -0.2) is 14.5 Å². The van der Waals surface area contributed by atoms with Gasteiger partial charge in [-0.05, 0) is 12.1 Å². The fourth-order valence-electron chi connectivity index (χ4n) is 1.36. The summed E-state index contributed by atoms with van der Waals surface area (Å²) >= 11 is 0. The molecule has 0 amide bonds. The van der Waals surface area contributed by atoms with Crippen molar-refractivity contribution in [3.63, 3.8) is 0 Å². The minimum Gasteiger partial charge on any atom is -0.274 e. The molecule has 0 fully saturated rings. The number of nitrogens with one attached hydrogen (secondary N) is 1. The fourth-order valence-corrected chi connectivity index (χ4v) is 1.36. The topological polar surface area (TPSA) is 98.0 Å². The number of rotatable bonds is 2. The zero-order valence-electron chi connectivity index (χ0n) is 8.49. The van der Waals surface area contributed by atoms with Gasteiger partial charge >= 0.3 is 5.69 Å². The summed E-state index contributed by atoms with van der Waals surface area (Å²) in [6.07, 6.45) is 1.31. The molecule has 0 unspecified atom stereocenters. The second kappa shape index (κ2) is 4.05. The molecule has 1 aromatic carbocycles. The van der Waals surface area contributed by atoms with Crippen LogP contribution in [0.4, 0.5) is 5.69 Å². The van der Waals surface area contributed by atoms with Crippen molar-refractivity contribution in [2.75, 3.05) is 0 Å². The summed E-state index contributed by atoms with van der Waals surface area (Å²) in [5.41, 5.74) is -0.706. The molecule has 86 valence electrons. The van der Waals surface area contributed by atoms with E-state index < -0.39 is 16.2 Å². The van der Waals surface area contributed by atoms with Crippen LogP contribution in [0.5, 0.6) is 0 Å². The van der Waals surface area contributed by atoms with Crippen molar-refractivity contribution < 1.29 is 4.92 Å². The number of aromatic amines is 1. The van der Waals surface area contributed by atoms with Crippen LogP contribution < -0.4 is 11.2 Å². The highest BCUT2D eigenvalue weighted by molar-refractivity contribution is 5.40. The average molecular weight is 233 g/mol. The first-order valence-corrected chi connectivity index (χ1v) is 4.65. The van der Waals surface area contributed by atoms with Crippen LogP contribution in [-0.2, 0) is 0 Å². The third-order valence-electron chi connectivity index (χ3n) is 2.16. The minimum absolute atomic E-state index is 0.0637. The van der Waals surface area contributed by atoms with Gasteiger partial charge < -0.3 is 0 Å². The van der Waals surface area contributed by atoms with Gasteiger partial charge in [0.1, 0.15) is 0 Å². The molecule has 0 bridgehead atoms. The molecule has 7 heteroatoms. The molecule has 0 aliphatic rings. The van der Waals surface area contributed by atoms with Gasteiger partial charge in [-0.1, -0.05) is 0 Å². The van der Waals surface area contributed by atoms with E-state index in [1.165, 1.54) is 41.1 Å². The molecular weight excluding hydrogens is 226 g/mol. The zero-order valence-corrected chi connectivity index (χ0v) is 8.49. The van der Waals surface area contributed by atoms with Crippen LogP contribution in [0.1, 0.15) is 0 Å². The van der Waals surface area contributed by atoms with Gasteiger partial charge in [-0.15, -0.1) is 0 Å². The molecule has 0 radical (unpaired) electrons. The summed E-state index contributed by atoms with van der Waals surface area (Å²) in [7, 11) is 0. The lowest BCUT2D eigenvalue weighted by Crippen LogP contribution is -2.27. The number of H-pyrrole nitrogens is 1. The van der Waals surface area contributed by atoms with Gasteiger partial charge in [0.25, 0.3) is 11.2 Å². The number of nitro benzene ring substituents is 1. The van der Waals surface area contributed by atoms with Gasteiger partial charge in [-0.2, -0.15) is 0 Å². The number of hydrogen-bond acceptors (Lipinski definition) is 4. The van der Waals surface area contributed by atoms with Gasteiger partial charge in [0.05, 0.1) is 10.6 Å². The number of hydrogen-bond donors (Lipinski definition) is 1. The Kier molecular flexibility index (Phi) is 2.57. The minimum atomic E-state index is -0.591. The number of benzene rings is 1. The first-order chi connectivity index (χ1) is 8.08. The Hall–Kier alpha value is -2.70. The summed E-state index contributed by atoms with van der Waals surface area (Å²) < 4.78 is 1.19. The molecule has 1 aromatic heterocycles. The van der Waals surface area contributed by atoms with Gasteiger partial charge in [0, 0.05) is 24.4 Å². The van der Waals surface area contributed by atoms with Gasteiger partial charge in [0.15, 0.2) is 0 Å². The first-order valence-electron chi connectivity index (χ1n) is 4.65. The zero-order chi connectivity index (χ0) is 12.4. The Bertz CT molecular complexity index is 669. The Morgan fingerprint density at radius 2 is 1.76 bits per heavy atom. The van der Waals surface area contributed by atoms with Crippen molar-refractivity contribution in [2.45, 2.75) is 0 Å². The van der Waals surface area contributed by atoms with Crippen molar-refractivity contribution >= 4 is 5.69 Å². The predicted octanol–water partition coefficient (Wildman–Crippen LogP) is 0.434. The summed E-state index contributed by atoms with van der Waals surface area (Å²) in [6, 6.07) is 6.62. The molecule has 2 rings (SSSR count). The van der Waals surface area contributed by atoms with Gasteiger partial charge in [0.2, 0.25) is 0 Å². The van der Waals surface area contributed by atoms with Crippen molar-refractivity contribution in [1.82, 2.24) is 9.55 Å². The van der Waals surface area contributed by atoms with Crippen molar-refractivity contribution in [3.05, 3.63) is 67.5 Å². The van der Waals surface area contributed by atoms with Crippen LogP contribution in [0.15, 0.2) is 46.1 Å². The predicted molar refractivity (Wildman–Crippen MR) is 59.3 cm³/mol. The number of nitro groups is 1. The molecule has 7 nitrogen and oxygen atoms in total. The SMILES string of the molecule is O=c1ccn(-c2ccc([N+](=O)[O-])cc2)c(=O)[nH]1. The first kappa shape index (κ1) is 10.8. The Morgan fingerprint density at radius 1 is 1.12 bits per heavy atom. The molecule has 0 spiro atoms. The Balaban J connectivity index is 2.50. The Labute approximate surface area is 94.1 Å². The highest BCUT2D eigenvalue weighted by atomic mass is 16.6. The molecular formula is C10H7N3O4. The lowest BCUT2D eigenvalue weighted by atomic mass is 10.3. The average Bonchev–Trinajstić information content (AvgIpc) is 2.29. The van der Waals surface area contributed by atoms with Crippen LogP contribution in [0.3, 0.4) is 0 Å². The van der Waals surface area contributed by atoms with Crippen molar-refractivity contribution in [1.29, 1.82) is 0 Å². The van der Waals surface area contributed by atoms with E-state index in [9.17, 15) is 19.7 Å². The normalized spacial score (nSPS) is 10.1. The quantitative estimate of drug-likeness (QED) is 0.600. The largest absolute Gasteiger partial charge is 0.332 e. The fraction of sp³-hybridized carbons (Fsp3) is 0. The molecule has 1 heterocycles. The third-order valence-corrected chi connectivity index (χ3v) is 2.16. The molecule has 1 N–H and O–H groups in total. The van der Waals surface area contributed by atoms with Crippen LogP contribution in [0, 0.1) is 10.1 Å². The van der Waals surface area contributed by atoms with Crippen LogP contribution >= 0.6 is 0 Å². The van der Waals surface area contributed by atoms with Gasteiger partial charge in [-0.3, -0.25) is 24.5 Å². The summed E-state index contributed by atoms with van der Waals surface area (Å²) in [6.45, 7) is 0. The highest BCUT2D eigenvalue weighted by Gasteiger charge is 2.05. The number of non-ortho nitro benzene ring substituents is 1. The maximum atomic E-state index is 11.4. The lowest BCUT2D eigenvalue weighted by molar-refractivity contribution is -0.384. The monoisotopic (exact) mass is 233 g/mol. The second-order valence-corrected chi connectivity index (χ2v) is 3.25. The highest BCUT2D eigenvalue weighted by Crippen LogP contribution is 2.13.